The number of benzene rings is 1. The number of aromatic amines is 1. The van der Waals surface area contributed by atoms with Crippen molar-refractivity contribution in [2.75, 3.05) is 25.5 Å². The molecule has 2 aromatic heterocycles. The van der Waals surface area contributed by atoms with Gasteiger partial charge in [0.1, 0.15) is 28.0 Å². The van der Waals surface area contributed by atoms with Crippen LogP contribution in [-0.4, -0.2) is 55.4 Å². The lowest BCUT2D eigenvalue weighted by molar-refractivity contribution is -0.121. The molecule has 3 heterocycles. The van der Waals surface area contributed by atoms with Crippen LogP contribution in [0.25, 0.3) is 0 Å². The van der Waals surface area contributed by atoms with Gasteiger partial charge in [-0.2, -0.15) is 0 Å². The molecule has 4 rings (SSSR count). The average molecular weight is 530 g/mol. The van der Waals surface area contributed by atoms with Gasteiger partial charge in [0, 0.05) is 12.7 Å². The Morgan fingerprint density at radius 3 is 2.62 bits per heavy atom. The Morgan fingerprint density at radius 1 is 1.22 bits per heavy atom. The highest BCUT2D eigenvalue weighted by atomic mass is 32.2. The lowest BCUT2D eigenvalue weighted by Crippen LogP contribution is -2.46. The minimum atomic E-state index is -3.89. The third kappa shape index (κ3) is 6.40. The number of likely N-dealkylation sites (tertiary alicyclic amines) is 1. The highest BCUT2D eigenvalue weighted by Gasteiger charge is 2.29. The van der Waals surface area contributed by atoms with E-state index in [-0.39, 0.29) is 22.5 Å². The molecule has 1 aliphatic rings. The summed E-state index contributed by atoms with van der Waals surface area (Å²) in [6.45, 7) is 3.03. The van der Waals surface area contributed by atoms with Crippen LogP contribution in [0.1, 0.15) is 31.2 Å². The number of H-pyrrole nitrogens is 1. The summed E-state index contributed by atoms with van der Waals surface area (Å²) in [5.74, 6) is 0.624. The Bertz CT molecular complexity index is 1410. The predicted molar refractivity (Wildman–Crippen MR) is 136 cm³/mol. The average Bonchev–Trinajstić information content (AvgIpc) is 2.91. The van der Waals surface area contributed by atoms with Gasteiger partial charge in [-0.3, -0.25) is 14.5 Å². The number of sulfonamides is 1. The smallest absolute Gasteiger partial charge is 0.268 e. The van der Waals surface area contributed by atoms with E-state index in [2.05, 4.69) is 20.0 Å². The Balaban J connectivity index is 1.39. The van der Waals surface area contributed by atoms with Crippen LogP contribution in [0.15, 0.2) is 64.5 Å². The summed E-state index contributed by atoms with van der Waals surface area (Å²) in [7, 11) is -2.64. The van der Waals surface area contributed by atoms with Crippen molar-refractivity contribution in [3.05, 3.63) is 76.6 Å². The molecule has 12 heteroatoms. The van der Waals surface area contributed by atoms with Crippen molar-refractivity contribution in [2.45, 2.75) is 36.6 Å². The van der Waals surface area contributed by atoms with Gasteiger partial charge < -0.3 is 15.0 Å². The number of carbonyl (C=O) groups is 1. The van der Waals surface area contributed by atoms with Gasteiger partial charge in [0.15, 0.2) is 0 Å². The lowest BCUT2D eigenvalue weighted by Gasteiger charge is -2.36. The maximum atomic E-state index is 13.0. The van der Waals surface area contributed by atoms with Crippen molar-refractivity contribution >= 4 is 21.7 Å². The molecule has 1 saturated heterocycles. The number of hydrogen-bond acceptors (Lipinski definition) is 7. The van der Waals surface area contributed by atoms with Crippen LogP contribution in [0.4, 0.5) is 10.2 Å². The molecule has 3 aromatic rings. The van der Waals surface area contributed by atoms with E-state index in [0.717, 1.165) is 12.8 Å². The van der Waals surface area contributed by atoms with Gasteiger partial charge in [0.2, 0.25) is 15.9 Å². The van der Waals surface area contributed by atoms with E-state index in [4.69, 9.17) is 4.74 Å². The summed E-state index contributed by atoms with van der Waals surface area (Å²) in [6.07, 6.45) is 4.61. The summed E-state index contributed by atoms with van der Waals surface area (Å²) in [5.41, 5.74) is 0.0178. The van der Waals surface area contributed by atoms with Gasteiger partial charge in [0.05, 0.1) is 12.2 Å². The highest BCUT2D eigenvalue weighted by molar-refractivity contribution is 7.89. The third-order valence-electron chi connectivity index (χ3n) is 6.34. The fourth-order valence-electron chi connectivity index (χ4n) is 4.20. The summed E-state index contributed by atoms with van der Waals surface area (Å²) in [4.78, 5) is 33.4. The third-order valence-corrected chi connectivity index (χ3v) is 7.76. The van der Waals surface area contributed by atoms with Crippen LogP contribution in [-0.2, 0) is 14.8 Å². The van der Waals surface area contributed by atoms with E-state index in [1.54, 1.807) is 19.1 Å². The number of amides is 1. The Hall–Kier alpha value is -3.61. The van der Waals surface area contributed by atoms with Crippen molar-refractivity contribution in [1.82, 2.24) is 19.6 Å². The monoisotopic (exact) mass is 529 g/mol. The topological polar surface area (TPSA) is 133 Å². The molecule has 0 spiro atoms. The van der Waals surface area contributed by atoms with Gasteiger partial charge >= 0.3 is 0 Å². The maximum absolute atomic E-state index is 13.0. The second-order valence-corrected chi connectivity index (χ2v) is 10.6. The standard InChI is InChI=1S/C25H28FN5O5S/c1-16(24(32)30-23-10-9-21(14-28-23)36-20-7-5-19(26)6-8-20)31-11-3-4-17(15-31)18-12-22(25(33)29-13-18)37(34,35)27-2/h5-10,12-14,16-17,27H,3-4,11,15H2,1-2H3,(H,29,33)(H,28,30,32)/t16-,17+/m1/s1. The Morgan fingerprint density at radius 2 is 1.95 bits per heavy atom. The molecule has 10 nitrogen and oxygen atoms in total. The zero-order chi connectivity index (χ0) is 26.6. The van der Waals surface area contributed by atoms with Gasteiger partial charge in [-0.1, -0.05) is 0 Å². The SMILES string of the molecule is CNS(=O)(=O)c1cc([C@H]2CCCN([C@H](C)C(=O)Nc3ccc(Oc4ccc(F)cc4)cn3)C2)c[nH]c1=O. The molecule has 1 amide bonds. The number of hydrogen-bond donors (Lipinski definition) is 3. The normalized spacial score (nSPS) is 17.2. The van der Waals surface area contributed by atoms with E-state index in [9.17, 15) is 22.4 Å². The van der Waals surface area contributed by atoms with Crippen molar-refractivity contribution in [2.24, 2.45) is 0 Å². The molecule has 0 radical (unpaired) electrons. The lowest BCUT2D eigenvalue weighted by atomic mass is 9.91. The molecule has 1 aromatic carbocycles. The molecule has 0 aliphatic carbocycles. The Kier molecular flexibility index (Phi) is 8.00. The van der Waals surface area contributed by atoms with Crippen LogP contribution >= 0.6 is 0 Å². The molecule has 37 heavy (non-hydrogen) atoms. The van der Waals surface area contributed by atoms with Crippen molar-refractivity contribution in [3.63, 3.8) is 0 Å². The highest BCUT2D eigenvalue weighted by Crippen LogP contribution is 2.28. The molecule has 196 valence electrons. The number of aromatic nitrogens is 2. The molecule has 0 bridgehead atoms. The summed E-state index contributed by atoms with van der Waals surface area (Å²) in [5, 5.41) is 2.80. The van der Waals surface area contributed by atoms with E-state index in [1.165, 1.54) is 49.8 Å². The van der Waals surface area contributed by atoms with Gasteiger partial charge in [-0.25, -0.2) is 22.5 Å². The van der Waals surface area contributed by atoms with E-state index in [0.29, 0.717) is 36.0 Å². The molecule has 0 saturated carbocycles. The van der Waals surface area contributed by atoms with Crippen molar-refractivity contribution < 1.29 is 22.3 Å². The zero-order valence-corrected chi connectivity index (χ0v) is 21.2. The summed E-state index contributed by atoms with van der Waals surface area (Å²) in [6, 6.07) is 9.81. The fourth-order valence-corrected chi connectivity index (χ4v) is 5.02. The number of nitrogens with zero attached hydrogens (tertiary/aromatic N) is 2. The molecule has 1 aliphatic heterocycles. The molecule has 2 atom stereocenters. The van der Waals surface area contributed by atoms with Crippen LogP contribution in [0.2, 0.25) is 0 Å². The number of ether oxygens (including phenoxy) is 1. The number of anilines is 1. The molecule has 0 unspecified atom stereocenters. The first kappa shape index (κ1) is 26.5. The van der Waals surface area contributed by atoms with Gasteiger partial charge in [-0.05, 0) is 87.3 Å². The van der Waals surface area contributed by atoms with E-state index < -0.39 is 21.6 Å². The predicted octanol–water partition coefficient (Wildman–Crippen LogP) is 2.82. The Labute approximate surface area is 213 Å². The van der Waals surface area contributed by atoms with Crippen molar-refractivity contribution in [3.8, 4) is 11.5 Å². The van der Waals surface area contributed by atoms with Gasteiger partial charge in [0.25, 0.3) is 5.56 Å². The fraction of sp³-hybridized carbons (Fsp3) is 0.320. The number of rotatable bonds is 8. The van der Waals surface area contributed by atoms with Gasteiger partial charge in [-0.15, -0.1) is 0 Å². The summed E-state index contributed by atoms with van der Waals surface area (Å²) < 4.78 is 45.2. The number of pyridine rings is 2. The minimum absolute atomic E-state index is 0.0484. The first-order valence-corrected chi connectivity index (χ1v) is 13.2. The number of halogens is 1. The van der Waals surface area contributed by atoms with Crippen molar-refractivity contribution in [1.29, 1.82) is 0 Å². The summed E-state index contributed by atoms with van der Waals surface area (Å²) >= 11 is 0. The minimum Gasteiger partial charge on any atom is -0.456 e. The number of carbonyl (C=O) groups excluding carboxylic acids is 1. The quantitative estimate of drug-likeness (QED) is 0.409. The first-order valence-electron chi connectivity index (χ1n) is 11.8. The molecular formula is C25H28FN5O5S. The van der Waals surface area contributed by atoms with E-state index in [1.807, 2.05) is 4.90 Å². The molecular weight excluding hydrogens is 501 g/mol. The second-order valence-electron chi connectivity index (χ2n) is 8.77. The first-order chi connectivity index (χ1) is 17.7. The second kappa shape index (κ2) is 11.2. The van der Waals surface area contributed by atoms with E-state index >= 15 is 0 Å². The number of piperidine rings is 1. The number of nitrogens with one attached hydrogen (secondary N) is 3. The van der Waals surface area contributed by atoms with Crippen LogP contribution in [0.5, 0.6) is 11.5 Å². The maximum Gasteiger partial charge on any atom is 0.268 e. The largest absolute Gasteiger partial charge is 0.456 e. The molecule has 1 fully saturated rings. The zero-order valence-electron chi connectivity index (χ0n) is 20.4. The molecule has 3 N–H and O–H groups in total. The van der Waals surface area contributed by atoms with Crippen LogP contribution in [0, 0.1) is 5.82 Å². The van der Waals surface area contributed by atoms with Crippen LogP contribution in [0.3, 0.4) is 0 Å². The van der Waals surface area contributed by atoms with Crippen LogP contribution < -0.4 is 20.3 Å².